The third-order valence-corrected chi connectivity index (χ3v) is 4.21. The van der Waals surface area contributed by atoms with Crippen molar-refractivity contribution in [1.82, 2.24) is 5.32 Å². The maximum atomic E-state index is 12.1. The Labute approximate surface area is 108 Å². The van der Waals surface area contributed by atoms with Crippen molar-refractivity contribution in [3.05, 3.63) is 23.4 Å². The molecule has 0 bridgehead atoms. The summed E-state index contributed by atoms with van der Waals surface area (Å²) in [7, 11) is 0. The Morgan fingerprint density at radius 3 is 2.89 bits per heavy atom. The normalized spacial score (nSPS) is 27.9. The molecule has 3 aliphatic rings. The monoisotopic (exact) mass is 247 g/mol. The van der Waals surface area contributed by atoms with E-state index in [2.05, 4.69) is 17.5 Å². The third-order valence-electron chi connectivity index (χ3n) is 4.21. The van der Waals surface area contributed by atoms with Crippen molar-refractivity contribution in [2.24, 2.45) is 0 Å². The molecule has 3 rings (SSSR count). The second-order valence-corrected chi connectivity index (χ2v) is 5.54. The van der Waals surface area contributed by atoms with Crippen LogP contribution in [0.15, 0.2) is 23.4 Å². The van der Waals surface area contributed by atoms with Crippen LogP contribution in [0, 0.1) is 0 Å². The average molecular weight is 247 g/mol. The molecule has 1 atom stereocenters. The van der Waals surface area contributed by atoms with Gasteiger partial charge in [0.25, 0.3) is 0 Å². The van der Waals surface area contributed by atoms with E-state index in [0.29, 0.717) is 0 Å². The lowest BCUT2D eigenvalue weighted by Crippen LogP contribution is -2.41. The van der Waals surface area contributed by atoms with Crippen molar-refractivity contribution < 1.29 is 9.53 Å². The van der Waals surface area contributed by atoms with E-state index >= 15 is 0 Å². The van der Waals surface area contributed by atoms with E-state index in [1.54, 1.807) is 0 Å². The highest BCUT2D eigenvalue weighted by atomic mass is 16.5. The van der Waals surface area contributed by atoms with Gasteiger partial charge in [-0.3, -0.25) is 0 Å². The van der Waals surface area contributed by atoms with Crippen molar-refractivity contribution in [3.63, 3.8) is 0 Å². The van der Waals surface area contributed by atoms with Crippen LogP contribution in [0.1, 0.15) is 51.4 Å². The molecule has 1 saturated carbocycles. The van der Waals surface area contributed by atoms with Gasteiger partial charge >= 0.3 is 5.97 Å². The van der Waals surface area contributed by atoms with Gasteiger partial charge in [-0.15, -0.1) is 0 Å². The number of rotatable bonds is 2. The molecule has 1 fully saturated rings. The van der Waals surface area contributed by atoms with Gasteiger partial charge in [-0.05, 0) is 63.0 Å². The molecule has 0 aromatic carbocycles. The second kappa shape index (κ2) is 5.17. The van der Waals surface area contributed by atoms with Crippen molar-refractivity contribution in [1.29, 1.82) is 0 Å². The Balaban J connectivity index is 1.59. The number of carbonyl (C=O) groups excluding carboxylic acids is 1. The zero-order valence-corrected chi connectivity index (χ0v) is 10.8. The predicted octanol–water partition coefficient (Wildman–Crippen LogP) is 2.83. The first-order valence-electron chi connectivity index (χ1n) is 7.18. The van der Waals surface area contributed by atoms with E-state index in [-0.39, 0.29) is 18.1 Å². The lowest BCUT2D eigenvalue weighted by molar-refractivity contribution is -0.151. The summed E-state index contributed by atoms with van der Waals surface area (Å²) in [6.07, 6.45) is 13.2. The molecule has 0 aromatic rings. The number of nitrogens with one attached hydrogen (secondary N) is 1. The SMILES string of the molecule is O=C(OC1CCCC1)C1CCC2=C(C=CCC2)N1. The van der Waals surface area contributed by atoms with Crippen LogP contribution in [0.2, 0.25) is 0 Å². The lowest BCUT2D eigenvalue weighted by Gasteiger charge is -2.29. The van der Waals surface area contributed by atoms with Crippen LogP contribution in [-0.2, 0) is 9.53 Å². The van der Waals surface area contributed by atoms with E-state index in [9.17, 15) is 4.79 Å². The van der Waals surface area contributed by atoms with Crippen molar-refractivity contribution in [3.8, 4) is 0 Å². The standard InChI is InChI=1S/C15H21NO2/c17-15(18-12-6-2-3-7-12)14-10-9-11-5-1-4-8-13(11)16-14/h4,8,12,14,16H,1-3,5-7,9-10H2. The zero-order valence-electron chi connectivity index (χ0n) is 10.8. The molecule has 0 spiro atoms. The fourth-order valence-electron chi connectivity index (χ4n) is 3.13. The molecule has 98 valence electrons. The summed E-state index contributed by atoms with van der Waals surface area (Å²) in [5.41, 5.74) is 2.64. The highest BCUT2D eigenvalue weighted by Crippen LogP contribution is 2.28. The summed E-state index contributed by atoms with van der Waals surface area (Å²) in [5, 5.41) is 3.35. The van der Waals surface area contributed by atoms with Gasteiger partial charge in [0.15, 0.2) is 0 Å². The maximum Gasteiger partial charge on any atom is 0.328 e. The Kier molecular flexibility index (Phi) is 3.39. The minimum absolute atomic E-state index is 0.0487. The molecule has 0 amide bonds. The summed E-state index contributed by atoms with van der Waals surface area (Å²) < 4.78 is 5.58. The number of hydrogen-bond donors (Lipinski definition) is 1. The van der Waals surface area contributed by atoms with Gasteiger partial charge in [-0.1, -0.05) is 6.08 Å². The first-order chi connectivity index (χ1) is 8.83. The molecule has 3 nitrogen and oxygen atoms in total. The van der Waals surface area contributed by atoms with E-state index in [4.69, 9.17) is 4.74 Å². The highest BCUT2D eigenvalue weighted by Gasteiger charge is 2.29. The fourth-order valence-corrected chi connectivity index (χ4v) is 3.13. The smallest absolute Gasteiger partial charge is 0.328 e. The van der Waals surface area contributed by atoms with E-state index in [0.717, 1.165) is 38.5 Å². The van der Waals surface area contributed by atoms with Crippen LogP contribution in [0.4, 0.5) is 0 Å². The molecule has 1 heterocycles. The minimum atomic E-state index is -0.132. The Morgan fingerprint density at radius 2 is 2.06 bits per heavy atom. The van der Waals surface area contributed by atoms with Crippen LogP contribution >= 0.6 is 0 Å². The highest BCUT2D eigenvalue weighted by molar-refractivity contribution is 5.76. The van der Waals surface area contributed by atoms with Crippen LogP contribution in [-0.4, -0.2) is 18.1 Å². The van der Waals surface area contributed by atoms with E-state index in [1.165, 1.54) is 24.1 Å². The first kappa shape index (κ1) is 11.8. The van der Waals surface area contributed by atoms with Gasteiger partial charge in [0.05, 0.1) is 0 Å². The quantitative estimate of drug-likeness (QED) is 0.763. The third kappa shape index (κ3) is 2.45. The van der Waals surface area contributed by atoms with Gasteiger partial charge < -0.3 is 10.1 Å². The zero-order chi connectivity index (χ0) is 12.4. The second-order valence-electron chi connectivity index (χ2n) is 5.54. The maximum absolute atomic E-state index is 12.1. The molecule has 0 saturated heterocycles. The van der Waals surface area contributed by atoms with Gasteiger partial charge in [-0.25, -0.2) is 4.79 Å². The average Bonchev–Trinajstić information content (AvgIpc) is 2.91. The van der Waals surface area contributed by atoms with Gasteiger partial charge in [-0.2, -0.15) is 0 Å². The minimum Gasteiger partial charge on any atom is -0.461 e. The molecular weight excluding hydrogens is 226 g/mol. The van der Waals surface area contributed by atoms with Crippen LogP contribution in [0.25, 0.3) is 0 Å². The number of allylic oxidation sites excluding steroid dienone is 3. The van der Waals surface area contributed by atoms with Crippen molar-refractivity contribution in [2.75, 3.05) is 0 Å². The van der Waals surface area contributed by atoms with Gasteiger partial charge in [0.1, 0.15) is 12.1 Å². The number of hydrogen-bond acceptors (Lipinski definition) is 3. The van der Waals surface area contributed by atoms with Crippen molar-refractivity contribution >= 4 is 5.97 Å². The molecule has 1 aliphatic heterocycles. The summed E-state index contributed by atoms with van der Waals surface area (Å²) in [6.45, 7) is 0. The first-order valence-corrected chi connectivity index (χ1v) is 7.18. The predicted molar refractivity (Wildman–Crippen MR) is 69.9 cm³/mol. The number of esters is 1. The Hall–Kier alpha value is -1.25. The summed E-state index contributed by atoms with van der Waals surface area (Å²) in [6, 6.07) is -0.132. The number of ether oxygens (including phenoxy) is 1. The van der Waals surface area contributed by atoms with Crippen LogP contribution < -0.4 is 5.32 Å². The molecule has 1 unspecified atom stereocenters. The molecule has 18 heavy (non-hydrogen) atoms. The molecule has 0 aromatic heterocycles. The lowest BCUT2D eigenvalue weighted by atomic mass is 9.92. The summed E-state index contributed by atoms with van der Waals surface area (Å²) in [4.78, 5) is 12.1. The van der Waals surface area contributed by atoms with Gasteiger partial charge in [0, 0.05) is 5.70 Å². The van der Waals surface area contributed by atoms with Crippen molar-refractivity contribution in [2.45, 2.75) is 63.5 Å². The van der Waals surface area contributed by atoms with Gasteiger partial charge in [0.2, 0.25) is 0 Å². The summed E-state index contributed by atoms with van der Waals surface area (Å²) >= 11 is 0. The van der Waals surface area contributed by atoms with E-state index < -0.39 is 0 Å². The molecule has 0 radical (unpaired) electrons. The summed E-state index contributed by atoms with van der Waals surface area (Å²) in [5.74, 6) is -0.0487. The number of carbonyl (C=O) groups is 1. The van der Waals surface area contributed by atoms with Crippen LogP contribution in [0.5, 0.6) is 0 Å². The fraction of sp³-hybridized carbons (Fsp3) is 0.667. The molecular formula is C15H21NO2. The molecule has 1 N–H and O–H groups in total. The molecule has 2 aliphatic carbocycles. The Morgan fingerprint density at radius 1 is 1.22 bits per heavy atom. The topological polar surface area (TPSA) is 38.3 Å². The van der Waals surface area contributed by atoms with E-state index in [1.807, 2.05) is 0 Å². The Bertz CT molecular complexity index is 391. The molecule has 3 heteroatoms. The van der Waals surface area contributed by atoms with Crippen LogP contribution in [0.3, 0.4) is 0 Å². The largest absolute Gasteiger partial charge is 0.461 e.